The molecule has 0 aliphatic heterocycles. The van der Waals surface area contributed by atoms with Gasteiger partial charge in [0.2, 0.25) is 5.91 Å². The summed E-state index contributed by atoms with van der Waals surface area (Å²) in [5, 5.41) is 2.91. The Bertz CT molecular complexity index is 562. The number of nitrogens with one attached hydrogen (secondary N) is 1. The molecule has 21 heavy (non-hydrogen) atoms. The Morgan fingerprint density at radius 1 is 1.24 bits per heavy atom. The van der Waals surface area contributed by atoms with Crippen LogP contribution in [0.3, 0.4) is 0 Å². The number of thiophene rings is 1. The summed E-state index contributed by atoms with van der Waals surface area (Å²) in [6.45, 7) is 0.646. The highest BCUT2D eigenvalue weighted by Crippen LogP contribution is 2.22. The maximum Gasteiger partial charge on any atom is 0.221 e. The highest BCUT2D eigenvalue weighted by atomic mass is 79.9. The molecule has 0 spiro atoms. The number of nitrogens with two attached hydrogens (primary N) is 1. The van der Waals surface area contributed by atoms with Crippen molar-refractivity contribution >= 4 is 45.6 Å². The molecule has 6 heteroatoms. The number of rotatable bonds is 6. The topological polar surface area (TPSA) is 55.1 Å². The van der Waals surface area contributed by atoms with Crippen molar-refractivity contribution in [1.82, 2.24) is 5.32 Å². The van der Waals surface area contributed by atoms with Crippen molar-refractivity contribution in [1.29, 1.82) is 0 Å². The Hall–Kier alpha value is -0.880. The van der Waals surface area contributed by atoms with E-state index in [1.807, 2.05) is 36.4 Å². The van der Waals surface area contributed by atoms with Crippen LogP contribution in [0.25, 0.3) is 0 Å². The standard InChI is InChI=1S/C15H17BrN2OS.ClH/c16-14-7-6-12(20-14)8-9-18-15(19)10-13(17)11-4-2-1-3-5-11;/h1-7,13H,8-10,17H2,(H,18,19);1H. The van der Waals surface area contributed by atoms with E-state index in [1.165, 1.54) is 4.88 Å². The molecular weight excluding hydrogens is 372 g/mol. The molecule has 1 heterocycles. The van der Waals surface area contributed by atoms with Crippen LogP contribution >= 0.6 is 39.7 Å². The molecule has 3 N–H and O–H groups in total. The first-order chi connectivity index (χ1) is 9.65. The summed E-state index contributed by atoms with van der Waals surface area (Å²) in [6.07, 6.45) is 1.17. The van der Waals surface area contributed by atoms with Crippen LogP contribution < -0.4 is 11.1 Å². The molecule has 0 fully saturated rings. The number of hydrogen-bond acceptors (Lipinski definition) is 3. The van der Waals surface area contributed by atoms with Gasteiger partial charge in [0.15, 0.2) is 0 Å². The van der Waals surface area contributed by atoms with Gasteiger partial charge in [-0.15, -0.1) is 23.7 Å². The molecule has 1 atom stereocenters. The maximum absolute atomic E-state index is 11.8. The Labute approximate surface area is 143 Å². The first kappa shape index (κ1) is 18.2. The van der Waals surface area contributed by atoms with Gasteiger partial charge in [0.25, 0.3) is 0 Å². The number of amides is 1. The van der Waals surface area contributed by atoms with Crippen molar-refractivity contribution in [2.45, 2.75) is 18.9 Å². The van der Waals surface area contributed by atoms with Crippen molar-refractivity contribution in [3.05, 3.63) is 56.7 Å². The van der Waals surface area contributed by atoms with Gasteiger partial charge in [0.05, 0.1) is 3.79 Å². The molecule has 3 nitrogen and oxygen atoms in total. The second-order valence-electron chi connectivity index (χ2n) is 4.53. The maximum atomic E-state index is 11.8. The largest absolute Gasteiger partial charge is 0.356 e. The number of hydrogen-bond donors (Lipinski definition) is 2. The second-order valence-corrected chi connectivity index (χ2v) is 7.07. The highest BCUT2D eigenvalue weighted by Gasteiger charge is 2.10. The summed E-state index contributed by atoms with van der Waals surface area (Å²) in [7, 11) is 0. The minimum Gasteiger partial charge on any atom is -0.356 e. The van der Waals surface area contributed by atoms with Crippen LogP contribution in [-0.2, 0) is 11.2 Å². The molecule has 0 aliphatic carbocycles. The number of benzene rings is 1. The van der Waals surface area contributed by atoms with E-state index in [9.17, 15) is 4.79 Å². The third-order valence-electron chi connectivity index (χ3n) is 2.96. The Morgan fingerprint density at radius 2 is 1.95 bits per heavy atom. The van der Waals surface area contributed by atoms with Crippen LogP contribution in [0, 0.1) is 0 Å². The molecule has 0 saturated heterocycles. The van der Waals surface area contributed by atoms with Crippen LogP contribution in [-0.4, -0.2) is 12.5 Å². The average Bonchev–Trinajstić information content (AvgIpc) is 2.85. The van der Waals surface area contributed by atoms with Crippen molar-refractivity contribution in [2.24, 2.45) is 5.73 Å². The first-order valence-electron chi connectivity index (χ1n) is 6.46. The summed E-state index contributed by atoms with van der Waals surface area (Å²) in [6, 6.07) is 13.5. The van der Waals surface area contributed by atoms with E-state index in [2.05, 4.69) is 27.3 Å². The molecular formula is C15H18BrClN2OS. The average molecular weight is 390 g/mol. The summed E-state index contributed by atoms with van der Waals surface area (Å²) >= 11 is 5.12. The predicted octanol–water partition coefficient (Wildman–Crippen LogP) is 3.68. The lowest BCUT2D eigenvalue weighted by Gasteiger charge is -2.11. The summed E-state index contributed by atoms with van der Waals surface area (Å²) < 4.78 is 1.12. The minimum atomic E-state index is -0.243. The molecule has 2 aromatic rings. The SMILES string of the molecule is Cl.NC(CC(=O)NCCc1ccc(Br)s1)c1ccccc1. The van der Waals surface area contributed by atoms with Gasteiger partial charge in [-0.25, -0.2) is 0 Å². The van der Waals surface area contributed by atoms with Gasteiger partial charge in [0, 0.05) is 23.9 Å². The second kappa shape index (κ2) is 9.20. The zero-order chi connectivity index (χ0) is 14.4. The van der Waals surface area contributed by atoms with E-state index < -0.39 is 0 Å². The van der Waals surface area contributed by atoms with E-state index in [1.54, 1.807) is 11.3 Å². The van der Waals surface area contributed by atoms with Crippen LogP contribution in [0.1, 0.15) is 22.9 Å². The van der Waals surface area contributed by atoms with E-state index in [0.717, 1.165) is 15.8 Å². The summed E-state index contributed by atoms with van der Waals surface area (Å²) in [5.74, 6) is -0.00280. The lowest BCUT2D eigenvalue weighted by Crippen LogP contribution is -2.29. The zero-order valence-corrected chi connectivity index (χ0v) is 14.6. The molecule has 0 radical (unpaired) electrons. The Morgan fingerprint density at radius 3 is 2.57 bits per heavy atom. The number of carbonyl (C=O) groups excluding carboxylic acids is 1. The van der Waals surface area contributed by atoms with E-state index in [0.29, 0.717) is 13.0 Å². The predicted molar refractivity (Wildman–Crippen MR) is 94.0 cm³/mol. The van der Waals surface area contributed by atoms with Gasteiger partial charge in [0.1, 0.15) is 0 Å². The summed E-state index contributed by atoms with van der Waals surface area (Å²) in [5.41, 5.74) is 7.01. The molecule has 114 valence electrons. The summed E-state index contributed by atoms with van der Waals surface area (Å²) in [4.78, 5) is 13.1. The monoisotopic (exact) mass is 388 g/mol. The lowest BCUT2D eigenvalue weighted by molar-refractivity contribution is -0.121. The molecule has 1 aromatic heterocycles. The quantitative estimate of drug-likeness (QED) is 0.792. The molecule has 0 bridgehead atoms. The van der Waals surface area contributed by atoms with Gasteiger partial charge in [-0.05, 0) is 40.0 Å². The third kappa shape index (κ3) is 6.18. The third-order valence-corrected chi connectivity index (χ3v) is 4.64. The molecule has 0 aliphatic rings. The zero-order valence-electron chi connectivity index (χ0n) is 11.4. The highest BCUT2D eigenvalue weighted by molar-refractivity contribution is 9.11. The first-order valence-corrected chi connectivity index (χ1v) is 8.07. The van der Waals surface area contributed by atoms with Crippen molar-refractivity contribution < 1.29 is 4.79 Å². The molecule has 1 aromatic carbocycles. The Kier molecular flexibility index (Phi) is 7.96. The fraction of sp³-hybridized carbons (Fsp3) is 0.267. The van der Waals surface area contributed by atoms with Gasteiger partial charge >= 0.3 is 0 Å². The van der Waals surface area contributed by atoms with Crippen molar-refractivity contribution in [3.63, 3.8) is 0 Å². The fourth-order valence-corrected chi connectivity index (χ4v) is 3.38. The number of carbonyl (C=O) groups is 1. The van der Waals surface area contributed by atoms with E-state index >= 15 is 0 Å². The molecule has 0 saturated carbocycles. The molecule has 1 unspecified atom stereocenters. The van der Waals surface area contributed by atoms with Crippen molar-refractivity contribution in [2.75, 3.05) is 6.54 Å². The van der Waals surface area contributed by atoms with Gasteiger partial charge < -0.3 is 11.1 Å². The fourth-order valence-electron chi connectivity index (χ4n) is 1.90. The van der Waals surface area contributed by atoms with Crippen LogP contribution in [0.15, 0.2) is 46.3 Å². The van der Waals surface area contributed by atoms with E-state index in [4.69, 9.17) is 5.73 Å². The van der Waals surface area contributed by atoms with E-state index in [-0.39, 0.29) is 24.4 Å². The normalized spacial score (nSPS) is 11.5. The minimum absolute atomic E-state index is 0. The van der Waals surface area contributed by atoms with Gasteiger partial charge in [-0.2, -0.15) is 0 Å². The van der Waals surface area contributed by atoms with Gasteiger partial charge in [-0.3, -0.25) is 4.79 Å². The van der Waals surface area contributed by atoms with Crippen LogP contribution in [0.5, 0.6) is 0 Å². The number of halogens is 2. The van der Waals surface area contributed by atoms with Gasteiger partial charge in [-0.1, -0.05) is 30.3 Å². The lowest BCUT2D eigenvalue weighted by atomic mass is 10.0. The van der Waals surface area contributed by atoms with Crippen molar-refractivity contribution in [3.8, 4) is 0 Å². The van der Waals surface area contributed by atoms with Crippen LogP contribution in [0.4, 0.5) is 0 Å². The Balaban J connectivity index is 0.00000220. The van der Waals surface area contributed by atoms with Crippen LogP contribution in [0.2, 0.25) is 0 Å². The molecule has 2 rings (SSSR count). The molecule has 1 amide bonds. The smallest absolute Gasteiger partial charge is 0.221 e.